The van der Waals surface area contributed by atoms with Crippen molar-refractivity contribution in [2.45, 2.75) is 89.6 Å². The fourth-order valence-corrected chi connectivity index (χ4v) is 10.5. The molecule has 45 heavy (non-hydrogen) atoms. The number of ether oxygens (including phenoxy) is 1. The molecule has 5 fully saturated rings. The molecule has 3 aliphatic heterocycles. The van der Waals surface area contributed by atoms with Crippen molar-refractivity contribution in [2.75, 3.05) is 45.9 Å². The largest absolute Gasteiger partial charge is 0.378 e. The lowest BCUT2D eigenvalue weighted by Crippen LogP contribution is -2.47. The number of nitrogens with one attached hydrogen (secondary N) is 1. The standard InChI is InChI=1S/C37H48N4O3S/c1-23-19-24(2)21-26(20-23)32-28(10-14-39-12-8-25(9-13-39)34(42)40-15-17-44-18-16-40)29-22-31(45-33(29)38-32)36(3,4)35(43)41-30-6-5-27-7-11-37(27,30)41/h19-22,25,27,30,38H,5-18H2,1-4H3. The van der Waals surface area contributed by atoms with E-state index in [1.165, 1.54) is 68.7 Å². The van der Waals surface area contributed by atoms with Crippen molar-refractivity contribution in [3.05, 3.63) is 45.8 Å². The minimum absolute atomic E-state index is 0.139. The summed E-state index contributed by atoms with van der Waals surface area (Å²) in [6.45, 7) is 14.3. The molecular weight excluding hydrogens is 580 g/mol. The van der Waals surface area contributed by atoms with Crippen LogP contribution < -0.4 is 0 Å². The molecule has 240 valence electrons. The zero-order valence-corrected chi connectivity index (χ0v) is 28.2. The Balaban J connectivity index is 1.03. The molecule has 3 atom stereocenters. The maximum absolute atomic E-state index is 14.1. The monoisotopic (exact) mass is 628 g/mol. The first-order valence-corrected chi connectivity index (χ1v) is 18.1. The third kappa shape index (κ3) is 4.80. The molecule has 1 N–H and O–H groups in total. The summed E-state index contributed by atoms with van der Waals surface area (Å²) in [6, 6.07) is 9.64. The number of morpholine rings is 1. The lowest BCUT2D eigenvalue weighted by molar-refractivity contribution is -0.141. The second kappa shape index (κ2) is 11.0. The van der Waals surface area contributed by atoms with Crippen LogP contribution in [-0.2, 0) is 26.2 Å². The van der Waals surface area contributed by atoms with Gasteiger partial charge in [0.1, 0.15) is 4.83 Å². The fraction of sp³-hybridized carbons (Fsp3) is 0.622. The molecule has 0 bridgehead atoms. The smallest absolute Gasteiger partial charge is 0.234 e. The van der Waals surface area contributed by atoms with E-state index in [1.54, 1.807) is 11.3 Å². The summed E-state index contributed by atoms with van der Waals surface area (Å²) in [4.78, 5) is 40.2. The molecule has 1 spiro atoms. The molecule has 2 aliphatic carbocycles. The molecule has 3 unspecified atom stereocenters. The first-order chi connectivity index (χ1) is 21.7. The Morgan fingerprint density at radius 1 is 0.978 bits per heavy atom. The number of nitrogens with zero attached hydrogens (tertiary/aromatic N) is 3. The van der Waals surface area contributed by atoms with Crippen LogP contribution in [0.3, 0.4) is 0 Å². The summed E-state index contributed by atoms with van der Waals surface area (Å²) in [5, 5.41) is 1.27. The molecule has 2 amide bonds. The summed E-state index contributed by atoms with van der Waals surface area (Å²) in [5.74, 6) is 1.53. The first kappa shape index (κ1) is 29.7. The molecule has 8 rings (SSSR count). The van der Waals surface area contributed by atoms with Gasteiger partial charge in [-0.15, -0.1) is 11.3 Å². The highest BCUT2D eigenvalue weighted by molar-refractivity contribution is 7.19. The van der Waals surface area contributed by atoms with Gasteiger partial charge in [-0.05, 0) is 121 Å². The van der Waals surface area contributed by atoms with Gasteiger partial charge in [0.15, 0.2) is 0 Å². The van der Waals surface area contributed by atoms with Gasteiger partial charge in [-0.3, -0.25) is 9.59 Å². The predicted molar refractivity (Wildman–Crippen MR) is 180 cm³/mol. The molecule has 7 nitrogen and oxygen atoms in total. The summed E-state index contributed by atoms with van der Waals surface area (Å²) < 4.78 is 5.45. The van der Waals surface area contributed by atoms with Crippen LogP contribution in [0.5, 0.6) is 0 Å². The SMILES string of the molecule is Cc1cc(C)cc(-c2[nH]c3sc(C(C)(C)C(=O)N4C5CCC6CCC654)cc3c2CCN2CCC(C(=O)N3CCOCC3)CC2)c1. The Labute approximate surface area is 271 Å². The number of thiophene rings is 1. The van der Waals surface area contributed by atoms with E-state index in [0.29, 0.717) is 31.1 Å². The van der Waals surface area contributed by atoms with Crippen LogP contribution in [0.4, 0.5) is 0 Å². The highest BCUT2D eigenvalue weighted by Crippen LogP contribution is 2.67. The van der Waals surface area contributed by atoms with E-state index in [4.69, 9.17) is 4.74 Å². The van der Waals surface area contributed by atoms with Crippen molar-refractivity contribution in [3.63, 3.8) is 0 Å². The van der Waals surface area contributed by atoms with Crippen LogP contribution in [0.15, 0.2) is 24.3 Å². The molecule has 2 saturated carbocycles. The molecule has 1 aromatic carbocycles. The van der Waals surface area contributed by atoms with E-state index < -0.39 is 5.41 Å². The van der Waals surface area contributed by atoms with E-state index >= 15 is 0 Å². The molecule has 5 heterocycles. The number of aryl methyl sites for hydroxylation is 2. The Hall–Kier alpha value is -2.68. The minimum atomic E-state index is -0.532. The third-order valence-corrected chi connectivity index (χ3v) is 13.4. The number of aromatic nitrogens is 1. The normalized spacial score (nSPS) is 27.0. The molecular formula is C37H48N4O3S. The first-order valence-electron chi connectivity index (χ1n) is 17.3. The topological polar surface area (TPSA) is 68.7 Å². The van der Waals surface area contributed by atoms with Gasteiger partial charge in [0.2, 0.25) is 11.8 Å². The van der Waals surface area contributed by atoms with Gasteiger partial charge in [0.25, 0.3) is 0 Å². The lowest BCUT2D eigenvalue weighted by Gasteiger charge is -2.37. The highest BCUT2D eigenvalue weighted by Gasteiger charge is 2.76. The number of H-pyrrole nitrogens is 1. The third-order valence-electron chi connectivity index (χ3n) is 12.1. The van der Waals surface area contributed by atoms with Crippen molar-refractivity contribution < 1.29 is 14.3 Å². The van der Waals surface area contributed by atoms with Gasteiger partial charge in [-0.1, -0.05) is 17.2 Å². The number of aromatic amines is 1. The number of likely N-dealkylation sites (tertiary alicyclic amines) is 2. The van der Waals surface area contributed by atoms with E-state index in [-0.39, 0.29) is 11.5 Å². The van der Waals surface area contributed by atoms with Crippen LogP contribution in [0.25, 0.3) is 21.5 Å². The van der Waals surface area contributed by atoms with Crippen molar-refractivity contribution in [1.29, 1.82) is 0 Å². The second-order valence-corrected chi connectivity index (χ2v) is 16.2. The Kier molecular flexibility index (Phi) is 7.23. The van der Waals surface area contributed by atoms with Gasteiger partial charge in [-0.25, -0.2) is 0 Å². The Morgan fingerprint density at radius 3 is 2.38 bits per heavy atom. The Bertz CT molecular complexity index is 1620. The molecule has 3 saturated heterocycles. The zero-order valence-electron chi connectivity index (χ0n) is 27.4. The summed E-state index contributed by atoms with van der Waals surface area (Å²) >= 11 is 1.77. The molecule has 2 aromatic heterocycles. The summed E-state index contributed by atoms with van der Waals surface area (Å²) in [7, 11) is 0. The van der Waals surface area contributed by atoms with Gasteiger partial charge in [0.05, 0.1) is 35.9 Å². The number of fused-ring (bicyclic) bond motifs is 1. The quantitative estimate of drug-likeness (QED) is 0.323. The average molecular weight is 629 g/mol. The summed E-state index contributed by atoms with van der Waals surface area (Å²) in [6.07, 6.45) is 7.81. The second-order valence-electron chi connectivity index (χ2n) is 15.1. The van der Waals surface area contributed by atoms with Crippen LogP contribution in [-0.4, -0.2) is 89.0 Å². The molecule has 3 aromatic rings. The van der Waals surface area contributed by atoms with Crippen LogP contribution in [0.2, 0.25) is 0 Å². The summed E-state index contributed by atoms with van der Waals surface area (Å²) in [5.41, 5.74) is 6.03. The van der Waals surface area contributed by atoms with E-state index in [9.17, 15) is 9.59 Å². The van der Waals surface area contributed by atoms with Crippen molar-refractivity contribution in [3.8, 4) is 11.3 Å². The van der Waals surface area contributed by atoms with Crippen molar-refractivity contribution >= 4 is 33.4 Å². The number of rotatable bonds is 7. The Morgan fingerprint density at radius 2 is 1.71 bits per heavy atom. The van der Waals surface area contributed by atoms with Crippen molar-refractivity contribution in [2.24, 2.45) is 11.8 Å². The highest BCUT2D eigenvalue weighted by atomic mass is 32.1. The fourth-order valence-electron chi connectivity index (χ4n) is 9.36. The number of carbonyl (C=O) groups is 2. The molecule has 0 radical (unpaired) electrons. The number of amides is 2. The number of hydrogen-bond acceptors (Lipinski definition) is 5. The maximum atomic E-state index is 14.1. The van der Waals surface area contributed by atoms with Crippen LogP contribution in [0, 0.1) is 25.7 Å². The van der Waals surface area contributed by atoms with Gasteiger partial charge < -0.3 is 24.4 Å². The molecule has 5 aliphatic rings. The van der Waals surface area contributed by atoms with Gasteiger partial charge in [-0.2, -0.15) is 0 Å². The number of piperidine rings is 2. The number of carbonyl (C=O) groups excluding carboxylic acids is 2. The van der Waals surface area contributed by atoms with Gasteiger partial charge in [0, 0.05) is 35.8 Å². The maximum Gasteiger partial charge on any atom is 0.234 e. The van der Waals surface area contributed by atoms with E-state index in [0.717, 1.165) is 57.9 Å². The van der Waals surface area contributed by atoms with Crippen LogP contribution >= 0.6 is 11.3 Å². The molecule has 8 heteroatoms. The van der Waals surface area contributed by atoms with E-state index in [1.807, 2.05) is 4.90 Å². The van der Waals surface area contributed by atoms with Crippen LogP contribution in [0.1, 0.15) is 73.9 Å². The number of benzene rings is 1. The average Bonchev–Trinajstić information content (AvgIpc) is 3.19. The minimum Gasteiger partial charge on any atom is -0.378 e. The van der Waals surface area contributed by atoms with Gasteiger partial charge >= 0.3 is 0 Å². The van der Waals surface area contributed by atoms with E-state index in [2.05, 4.69) is 66.7 Å². The predicted octanol–water partition coefficient (Wildman–Crippen LogP) is 6.06. The lowest BCUT2D eigenvalue weighted by atomic mass is 9.73. The zero-order chi connectivity index (χ0) is 31.1. The van der Waals surface area contributed by atoms with Crippen molar-refractivity contribution in [1.82, 2.24) is 19.7 Å². The number of hydrogen-bond donors (Lipinski definition) is 1.